The number of carbonyl (C=O) groups is 2. The Labute approximate surface area is 62.9 Å². The molecule has 0 aliphatic rings. The molecule has 0 radical (unpaired) electrons. The van der Waals surface area contributed by atoms with Gasteiger partial charge in [-0.25, -0.2) is 0 Å². The minimum atomic E-state index is -1.67. The molecule has 0 aromatic rings. The second-order valence-electron chi connectivity index (χ2n) is 1.44. The van der Waals surface area contributed by atoms with Gasteiger partial charge in [0, 0.05) is 0 Å². The zero-order chi connectivity index (χ0) is 8.69. The van der Waals surface area contributed by atoms with Crippen LogP contribution in [0.2, 0.25) is 0 Å². The number of rotatable bonds is 6. The van der Waals surface area contributed by atoms with E-state index in [-0.39, 0.29) is 7.15 Å². The summed E-state index contributed by atoms with van der Waals surface area (Å²) in [6, 6.07) is -1.67. The van der Waals surface area contributed by atoms with Crippen LogP contribution in [0, 0.1) is 0 Å². The summed E-state index contributed by atoms with van der Waals surface area (Å²) >= 11 is 0. The average Bonchev–Trinajstić information content (AvgIpc) is 1.97. The summed E-state index contributed by atoms with van der Waals surface area (Å²) < 4.78 is 9.87. The second kappa shape index (κ2) is 5.75. The number of hydrogen-bond donors (Lipinski definition) is 1. The maximum absolute atomic E-state index is 10.0. The Balaban J connectivity index is 3.60. The van der Waals surface area contributed by atoms with Gasteiger partial charge in [-0.1, -0.05) is 0 Å². The number of carboxylic acid groups (broad SMARTS) is 1. The van der Waals surface area contributed by atoms with Gasteiger partial charge in [-0.2, -0.15) is 0 Å². The van der Waals surface area contributed by atoms with E-state index in [1.807, 2.05) is 0 Å². The number of aliphatic carboxylic acids is 1. The van der Waals surface area contributed by atoms with Crippen molar-refractivity contribution in [3.8, 4) is 0 Å². The van der Waals surface area contributed by atoms with Gasteiger partial charge in [0.15, 0.2) is 0 Å². The second-order valence-corrected chi connectivity index (χ2v) is 1.44. The fourth-order valence-corrected chi connectivity index (χ4v) is 0.262. The van der Waals surface area contributed by atoms with E-state index in [0.717, 1.165) is 0 Å². The predicted molar refractivity (Wildman–Crippen MR) is 33.9 cm³/mol. The molecule has 1 N–H and O–H groups in total. The normalized spacial score (nSPS) is 11.3. The molecule has 11 heavy (non-hydrogen) atoms. The molecule has 1 unspecified atom stereocenters. The molecule has 0 rings (SSSR count). The molecule has 0 saturated heterocycles. The number of hydrogen-bond acceptors (Lipinski definition) is 5. The van der Waals surface area contributed by atoms with Crippen LogP contribution in [0.3, 0.4) is 0 Å². The molecule has 1 atom stereocenters. The van der Waals surface area contributed by atoms with Crippen molar-refractivity contribution in [3.63, 3.8) is 0 Å². The summed E-state index contributed by atoms with van der Waals surface area (Å²) in [7, 11) is -0.356. The SMILES string of the molecule is O=BC(OOBC=O)C(=O)O. The van der Waals surface area contributed by atoms with E-state index in [1.54, 1.807) is 0 Å². The van der Waals surface area contributed by atoms with Crippen LogP contribution in [-0.4, -0.2) is 37.9 Å². The van der Waals surface area contributed by atoms with E-state index in [4.69, 9.17) is 5.11 Å². The van der Waals surface area contributed by atoms with Crippen molar-refractivity contribution in [2.45, 2.75) is 6.00 Å². The monoisotopic (exact) mass is 158 g/mol. The van der Waals surface area contributed by atoms with E-state index in [0.29, 0.717) is 6.19 Å². The summed E-state index contributed by atoms with van der Waals surface area (Å²) in [6.07, 6.45) is 0.365. The minimum absolute atomic E-state index is 0.0487. The Morgan fingerprint density at radius 2 is 2.36 bits per heavy atom. The summed E-state index contributed by atoms with van der Waals surface area (Å²) in [5, 5.41) is 8.15. The topological polar surface area (TPSA) is 89.9 Å². The third kappa shape index (κ3) is 4.40. The van der Waals surface area contributed by atoms with Crippen molar-refractivity contribution in [3.05, 3.63) is 0 Å². The van der Waals surface area contributed by atoms with Crippen LogP contribution in [0.1, 0.15) is 0 Å². The molecule has 0 aromatic heterocycles. The fraction of sp³-hybridized carbons (Fsp3) is 0.333. The summed E-state index contributed by atoms with van der Waals surface area (Å²) in [4.78, 5) is 27.6. The van der Waals surface area contributed by atoms with Crippen molar-refractivity contribution < 1.29 is 29.1 Å². The molecule has 0 saturated carbocycles. The van der Waals surface area contributed by atoms with Gasteiger partial charge < -0.3 is 0 Å². The molecule has 0 fully saturated rings. The van der Waals surface area contributed by atoms with Crippen LogP contribution in [-0.2, 0) is 24.0 Å². The van der Waals surface area contributed by atoms with Crippen LogP contribution in [0.4, 0.5) is 0 Å². The molecule has 0 bridgehead atoms. The van der Waals surface area contributed by atoms with Crippen LogP contribution in [0.15, 0.2) is 0 Å². The fourth-order valence-electron chi connectivity index (χ4n) is 0.262. The molecule has 6 nitrogen and oxygen atoms in total. The quantitative estimate of drug-likeness (QED) is 0.157. The molecule has 58 valence electrons. The van der Waals surface area contributed by atoms with Crippen LogP contribution < -0.4 is 0 Å². The Hall–Kier alpha value is -1.01. The molecule has 0 aromatic carbocycles. The van der Waals surface area contributed by atoms with E-state index in [2.05, 4.69) is 9.69 Å². The van der Waals surface area contributed by atoms with Gasteiger partial charge in [0.05, 0.1) is 0 Å². The first-order valence-corrected chi connectivity index (χ1v) is 2.62. The molecule has 0 heterocycles. The Bertz CT molecular complexity index is 158. The predicted octanol–water partition coefficient (Wildman–Crippen LogP) is -2.06. The Morgan fingerprint density at radius 3 is 2.73 bits per heavy atom. The first-order chi connectivity index (χ1) is 5.22. The van der Waals surface area contributed by atoms with Crippen LogP contribution in [0.25, 0.3) is 0 Å². The van der Waals surface area contributed by atoms with Crippen LogP contribution in [0.5, 0.6) is 0 Å². The molecular weight excluding hydrogens is 154 g/mol. The van der Waals surface area contributed by atoms with Crippen molar-refractivity contribution in [1.29, 1.82) is 0 Å². The summed E-state index contributed by atoms with van der Waals surface area (Å²) in [5.74, 6) is -1.47. The molecular formula is C3H4B2O6. The standard InChI is InChI=1S/C3H4B2O6/c6-1-4-11-10-2(5-9)3(7)8/h1-2,4H,(H,7,8). The van der Waals surface area contributed by atoms with E-state index >= 15 is 0 Å². The van der Waals surface area contributed by atoms with Gasteiger partial charge in [-0.3, -0.25) is 0 Å². The van der Waals surface area contributed by atoms with E-state index < -0.39 is 19.5 Å². The zero-order valence-electron chi connectivity index (χ0n) is 5.43. The Morgan fingerprint density at radius 1 is 1.73 bits per heavy atom. The van der Waals surface area contributed by atoms with Crippen molar-refractivity contribution in [2.24, 2.45) is 0 Å². The third-order valence-electron chi connectivity index (χ3n) is 0.675. The molecule has 8 heteroatoms. The maximum atomic E-state index is 10.0. The third-order valence-corrected chi connectivity index (χ3v) is 0.675. The van der Waals surface area contributed by atoms with Crippen molar-refractivity contribution in [2.75, 3.05) is 0 Å². The molecule has 0 aliphatic carbocycles. The number of carboxylic acids is 1. The molecule has 0 amide bonds. The Kier molecular flexibility index (Phi) is 5.22. The van der Waals surface area contributed by atoms with Gasteiger partial charge in [-0.15, -0.1) is 0 Å². The number of carbonyl (C=O) groups excluding carboxylic acids is 1. The summed E-state index contributed by atoms with van der Waals surface area (Å²) in [6.45, 7) is 0. The van der Waals surface area contributed by atoms with E-state index in [9.17, 15) is 14.3 Å². The zero-order valence-corrected chi connectivity index (χ0v) is 5.43. The van der Waals surface area contributed by atoms with Crippen molar-refractivity contribution >= 4 is 26.8 Å². The average molecular weight is 158 g/mol. The van der Waals surface area contributed by atoms with Gasteiger partial charge in [0.1, 0.15) is 0 Å². The first-order valence-electron chi connectivity index (χ1n) is 2.62. The van der Waals surface area contributed by atoms with Gasteiger partial charge in [-0.05, 0) is 0 Å². The van der Waals surface area contributed by atoms with Gasteiger partial charge in [0.2, 0.25) is 0 Å². The van der Waals surface area contributed by atoms with Gasteiger partial charge in [0.25, 0.3) is 0 Å². The molecule has 0 spiro atoms. The molecule has 0 aliphatic heterocycles. The van der Waals surface area contributed by atoms with Gasteiger partial charge >= 0.3 is 61.9 Å². The summed E-state index contributed by atoms with van der Waals surface area (Å²) in [5.41, 5.74) is 0. The van der Waals surface area contributed by atoms with E-state index in [1.165, 1.54) is 0 Å². The van der Waals surface area contributed by atoms with Crippen LogP contribution >= 0.6 is 0 Å². The van der Waals surface area contributed by atoms with Crippen molar-refractivity contribution in [1.82, 2.24) is 0 Å². The first kappa shape index (κ1) is 9.99.